The molecule has 1 amide bonds. The van der Waals surface area contributed by atoms with E-state index in [2.05, 4.69) is 17.3 Å². The summed E-state index contributed by atoms with van der Waals surface area (Å²) in [5.74, 6) is 0.419. The fraction of sp³-hybridized carbons (Fsp3) is 0.250. The van der Waals surface area contributed by atoms with Crippen molar-refractivity contribution in [3.63, 3.8) is 0 Å². The lowest BCUT2D eigenvalue weighted by Crippen LogP contribution is -2.15. The number of benzene rings is 1. The molecule has 1 heterocycles. The molecule has 1 atom stereocenters. The first kappa shape index (κ1) is 16.6. The monoisotopic (exact) mass is 337 g/mol. The second kappa shape index (κ2) is 7.47. The van der Waals surface area contributed by atoms with Crippen LogP contribution in [0.1, 0.15) is 31.9 Å². The van der Waals surface area contributed by atoms with E-state index in [1.807, 2.05) is 6.92 Å². The van der Waals surface area contributed by atoms with E-state index in [-0.39, 0.29) is 11.9 Å². The summed E-state index contributed by atoms with van der Waals surface area (Å²) in [6.07, 6.45) is 5.65. The van der Waals surface area contributed by atoms with Gasteiger partial charge >= 0.3 is 0 Å². The van der Waals surface area contributed by atoms with Crippen molar-refractivity contribution in [3.05, 3.63) is 52.1 Å². The molecule has 22 heavy (non-hydrogen) atoms. The van der Waals surface area contributed by atoms with Gasteiger partial charge in [-0.1, -0.05) is 30.1 Å². The minimum absolute atomic E-state index is 0.219. The Bertz CT molecular complexity index is 694. The number of nitrogens with one attached hydrogen (secondary N) is 1. The normalized spacial score (nSPS) is 12.5. The predicted molar refractivity (Wildman–Crippen MR) is 91.4 cm³/mol. The molecule has 1 N–H and O–H groups in total. The molecular formula is C16H17Cl2N3O. The summed E-state index contributed by atoms with van der Waals surface area (Å²) in [6, 6.07) is 7.09. The molecule has 0 bridgehead atoms. The first-order valence-electron chi connectivity index (χ1n) is 6.99. The summed E-state index contributed by atoms with van der Waals surface area (Å²) >= 11 is 12.0. The van der Waals surface area contributed by atoms with Gasteiger partial charge in [-0.05, 0) is 43.2 Å². The summed E-state index contributed by atoms with van der Waals surface area (Å²) in [4.78, 5) is 12.0. The van der Waals surface area contributed by atoms with Crippen LogP contribution in [0, 0.1) is 0 Å². The van der Waals surface area contributed by atoms with Gasteiger partial charge in [0.2, 0.25) is 5.91 Å². The highest BCUT2D eigenvalue weighted by Gasteiger charge is 2.09. The quantitative estimate of drug-likeness (QED) is 0.795. The number of aromatic nitrogens is 2. The summed E-state index contributed by atoms with van der Waals surface area (Å²) < 4.78 is 1.79. The number of hydrogen-bond donors (Lipinski definition) is 1. The lowest BCUT2D eigenvalue weighted by atomic mass is 10.2. The fourth-order valence-electron chi connectivity index (χ4n) is 1.91. The van der Waals surface area contributed by atoms with Gasteiger partial charge in [-0.2, -0.15) is 5.10 Å². The zero-order chi connectivity index (χ0) is 16.1. The molecule has 0 fully saturated rings. The molecule has 6 heteroatoms. The third kappa shape index (κ3) is 4.12. The molecule has 0 aliphatic rings. The third-order valence-corrected chi connectivity index (χ3v) is 3.88. The maximum absolute atomic E-state index is 12.0. The van der Waals surface area contributed by atoms with E-state index in [1.165, 1.54) is 6.08 Å². The van der Waals surface area contributed by atoms with Crippen LogP contribution in [0.4, 0.5) is 5.82 Å². The Balaban J connectivity index is 2.09. The Hall–Kier alpha value is -1.78. The van der Waals surface area contributed by atoms with Crippen molar-refractivity contribution in [1.82, 2.24) is 9.78 Å². The van der Waals surface area contributed by atoms with Gasteiger partial charge in [0, 0.05) is 22.2 Å². The number of anilines is 1. The largest absolute Gasteiger partial charge is 0.307 e. The first-order chi connectivity index (χ1) is 10.5. The second-order valence-electron chi connectivity index (χ2n) is 4.91. The van der Waals surface area contributed by atoms with Crippen molar-refractivity contribution in [2.24, 2.45) is 0 Å². The highest BCUT2D eigenvalue weighted by atomic mass is 35.5. The van der Waals surface area contributed by atoms with E-state index in [9.17, 15) is 4.79 Å². The molecular weight excluding hydrogens is 321 g/mol. The standard InChI is InChI=1S/C16H17Cl2N3O/c1-3-11(2)21-15(8-9-19-21)20-16(22)7-4-12-10-13(17)5-6-14(12)18/h4-11H,3H2,1-2H3,(H,20,22)/b7-4+. The van der Waals surface area contributed by atoms with Gasteiger partial charge in [0.25, 0.3) is 0 Å². The smallest absolute Gasteiger partial charge is 0.249 e. The van der Waals surface area contributed by atoms with Crippen molar-refractivity contribution >= 4 is 41.0 Å². The molecule has 1 aromatic carbocycles. The Kier molecular flexibility index (Phi) is 5.63. The van der Waals surface area contributed by atoms with Gasteiger partial charge in [-0.25, -0.2) is 4.68 Å². The molecule has 0 aliphatic carbocycles. The Morgan fingerprint density at radius 1 is 1.41 bits per heavy atom. The zero-order valence-electron chi connectivity index (χ0n) is 12.4. The van der Waals surface area contributed by atoms with Crippen molar-refractivity contribution in [2.75, 3.05) is 5.32 Å². The minimum atomic E-state index is -0.249. The molecule has 0 spiro atoms. The highest BCUT2D eigenvalue weighted by Crippen LogP contribution is 2.22. The molecule has 1 unspecified atom stereocenters. The Morgan fingerprint density at radius 3 is 2.91 bits per heavy atom. The van der Waals surface area contributed by atoms with E-state index < -0.39 is 0 Å². The molecule has 4 nitrogen and oxygen atoms in total. The van der Waals surface area contributed by atoms with Gasteiger partial charge in [0.1, 0.15) is 5.82 Å². The number of hydrogen-bond acceptors (Lipinski definition) is 2. The van der Waals surface area contributed by atoms with Gasteiger partial charge < -0.3 is 5.32 Å². The molecule has 0 radical (unpaired) electrons. The number of nitrogens with zero attached hydrogens (tertiary/aromatic N) is 2. The summed E-state index contributed by atoms with van der Waals surface area (Å²) in [5, 5.41) is 8.14. The van der Waals surface area contributed by atoms with Crippen LogP contribution in [0.3, 0.4) is 0 Å². The average Bonchev–Trinajstić information content (AvgIpc) is 2.95. The van der Waals surface area contributed by atoms with E-state index in [4.69, 9.17) is 23.2 Å². The second-order valence-corrected chi connectivity index (χ2v) is 5.75. The highest BCUT2D eigenvalue weighted by molar-refractivity contribution is 6.34. The molecule has 2 rings (SSSR count). The minimum Gasteiger partial charge on any atom is -0.307 e. The summed E-state index contributed by atoms with van der Waals surface area (Å²) in [7, 11) is 0. The molecule has 2 aromatic rings. The van der Waals surface area contributed by atoms with Gasteiger partial charge in [-0.15, -0.1) is 0 Å². The molecule has 116 valence electrons. The van der Waals surface area contributed by atoms with Crippen molar-refractivity contribution < 1.29 is 4.79 Å². The van der Waals surface area contributed by atoms with Crippen LogP contribution in [0.15, 0.2) is 36.5 Å². The topological polar surface area (TPSA) is 46.9 Å². The van der Waals surface area contributed by atoms with E-state index in [0.717, 1.165) is 6.42 Å². The summed E-state index contributed by atoms with van der Waals surface area (Å²) in [5.41, 5.74) is 0.694. The SMILES string of the molecule is CCC(C)n1nccc1NC(=O)/C=C/c1cc(Cl)ccc1Cl. The van der Waals surface area contributed by atoms with E-state index in [1.54, 1.807) is 41.2 Å². The number of carbonyl (C=O) groups is 1. The first-order valence-corrected chi connectivity index (χ1v) is 7.74. The van der Waals surface area contributed by atoms with Crippen LogP contribution in [-0.2, 0) is 4.79 Å². The number of amides is 1. The fourth-order valence-corrected chi connectivity index (χ4v) is 2.27. The lowest BCUT2D eigenvalue weighted by molar-refractivity contribution is -0.111. The van der Waals surface area contributed by atoms with E-state index >= 15 is 0 Å². The number of carbonyl (C=O) groups excluding carboxylic acids is 1. The number of rotatable bonds is 5. The van der Waals surface area contributed by atoms with Crippen LogP contribution in [0.5, 0.6) is 0 Å². The Morgan fingerprint density at radius 2 is 2.18 bits per heavy atom. The van der Waals surface area contributed by atoms with Gasteiger partial charge in [0.15, 0.2) is 0 Å². The van der Waals surface area contributed by atoms with Gasteiger partial charge in [0.05, 0.1) is 12.2 Å². The van der Waals surface area contributed by atoms with Crippen molar-refractivity contribution in [1.29, 1.82) is 0 Å². The molecule has 0 aliphatic heterocycles. The van der Waals surface area contributed by atoms with E-state index in [0.29, 0.717) is 21.4 Å². The maximum Gasteiger partial charge on any atom is 0.249 e. The summed E-state index contributed by atoms with van der Waals surface area (Å²) in [6.45, 7) is 4.11. The zero-order valence-corrected chi connectivity index (χ0v) is 13.9. The van der Waals surface area contributed by atoms with Crippen molar-refractivity contribution in [3.8, 4) is 0 Å². The van der Waals surface area contributed by atoms with Crippen LogP contribution >= 0.6 is 23.2 Å². The number of halogens is 2. The molecule has 1 aromatic heterocycles. The lowest BCUT2D eigenvalue weighted by Gasteiger charge is -2.13. The predicted octanol–water partition coefficient (Wildman–Crippen LogP) is 4.81. The van der Waals surface area contributed by atoms with Crippen LogP contribution in [0.25, 0.3) is 6.08 Å². The van der Waals surface area contributed by atoms with Crippen LogP contribution in [0.2, 0.25) is 10.0 Å². The third-order valence-electron chi connectivity index (χ3n) is 3.30. The molecule has 0 saturated carbocycles. The van der Waals surface area contributed by atoms with Crippen LogP contribution < -0.4 is 5.32 Å². The Labute approximate surface area is 139 Å². The average molecular weight is 338 g/mol. The van der Waals surface area contributed by atoms with Crippen molar-refractivity contribution in [2.45, 2.75) is 26.3 Å². The molecule has 0 saturated heterocycles. The van der Waals surface area contributed by atoms with Gasteiger partial charge in [-0.3, -0.25) is 4.79 Å². The maximum atomic E-state index is 12.0. The van der Waals surface area contributed by atoms with Crippen LogP contribution in [-0.4, -0.2) is 15.7 Å².